The van der Waals surface area contributed by atoms with Crippen molar-refractivity contribution in [3.8, 4) is 5.75 Å². The molecule has 2 rings (SSSR count). The number of nitrogens with zero attached hydrogens (tertiary/aromatic N) is 1. The number of benzene rings is 1. The van der Waals surface area contributed by atoms with Crippen LogP contribution in [-0.2, 0) is 0 Å². The molecule has 0 unspecified atom stereocenters. The Balaban J connectivity index is 2.41. The van der Waals surface area contributed by atoms with E-state index in [1.54, 1.807) is 12.3 Å². The Morgan fingerprint density at radius 3 is 2.72 bits per heavy atom. The number of hydrogen-bond acceptors (Lipinski definition) is 3. The van der Waals surface area contributed by atoms with E-state index < -0.39 is 5.82 Å². The first-order valence-electron chi connectivity index (χ1n) is 5.42. The lowest BCUT2D eigenvalue weighted by atomic mass is 10.0. The average molecular weight is 245 g/mol. The Hall–Kier alpha value is -2.23. The van der Waals surface area contributed by atoms with Crippen LogP contribution < -0.4 is 4.74 Å². The zero-order valence-corrected chi connectivity index (χ0v) is 10.1. The molecule has 0 spiro atoms. The maximum absolute atomic E-state index is 13.5. The maximum Gasteiger partial charge on any atom is 0.194 e. The number of carbonyl (C=O) groups excluding carboxylic acids is 1. The lowest BCUT2D eigenvalue weighted by Crippen LogP contribution is -2.05. The normalized spacial score (nSPS) is 10.2. The molecular formula is C14H12FNO2. The van der Waals surface area contributed by atoms with E-state index >= 15 is 0 Å². The predicted molar refractivity (Wildman–Crippen MR) is 65.4 cm³/mol. The molecule has 18 heavy (non-hydrogen) atoms. The Kier molecular flexibility index (Phi) is 3.37. The highest BCUT2D eigenvalue weighted by atomic mass is 19.1. The fraction of sp³-hybridized carbons (Fsp3) is 0.143. The number of aromatic nitrogens is 1. The zero-order valence-electron chi connectivity index (χ0n) is 10.1. The molecule has 3 nitrogen and oxygen atoms in total. The molecule has 0 atom stereocenters. The van der Waals surface area contributed by atoms with Crippen LogP contribution in [0.1, 0.15) is 21.5 Å². The first-order valence-corrected chi connectivity index (χ1v) is 5.42. The molecule has 0 aliphatic rings. The van der Waals surface area contributed by atoms with Gasteiger partial charge in [0.15, 0.2) is 17.3 Å². The Morgan fingerprint density at radius 2 is 2.11 bits per heavy atom. The topological polar surface area (TPSA) is 39.2 Å². The molecule has 0 saturated heterocycles. The lowest BCUT2D eigenvalue weighted by molar-refractivity contribution is 0.103. The van der Waals surface area contributed by atoms with Gasteiger partial charge in [0.25, 0.3) is 0 Å². The van der Waals surface area contributed by atoms with E-state index in [0.29, 0.717) is 5.56 Å². The fourth-order valence-electron chi connectivity index (χ4n) is 1.66. The first kappa shape index (κ1) is 12.2. The average Bonchev–Trinajstić information content (AvgIpc) is 2.38. The highest BCUT2D eigenvalue weighted by molar-refractivity contribution is 6.09. The molecule has 1 heterocycles. The summed E-state index contributed by atoms with van der Waals surface area (Å²) >= 11 is 0. The van der Waals surface area contributed by atoms with Gasteiger partial charge in [0.1, 0.15) is 0 Å². The number of aryl methyl sites for hydroxylation is 1. The summed E-state index contributed by atoms with van der Waals surface area (Å²) in [4.78, 5) is 16.1. The Morgan fingerprint density at radius 1 is 1.33 bits per heavy atom. The van der Waals surface area contributed by atoms with E-state index in [4.69, 9.17) is 4.74 Å². The zero-order chi connectivity index (χ0) is 13.1. The van der Waals surface area contributed by atoms with Gasteiger partial charge in [0, 0.05) is 23.5 Å². The molecule has 0 aliphatic carbocycles. The molecule has 1 aromatic heterocycles. The van der Waals surface area contributed by atoms with Gasteiger partial charge in [-0.25, -0.2) is 4.39 Å². The number of pyridine rings is 1. The number of carbonyl (C=O) groups is 1. The van der Waals surface area contributed by atoms with Crippen molar-refractivity contribution in [1.29, 1.82) is 0 Å². The van der Waals surface area contributed by atoms with Gasteiger partial charge in [0.05, 0.1) is 7.11 Å². The van der Waals surface area contributed by atoms with Crippen LogP contribution in [0.5, 0.6) is 5.75 Å². The first-order chi connectivity index (χ1) is 8.63. The standard InChI is InChI=1S/C14H12FNO2/c1-9-5-6-16-8-11(9)14(17)10-3-4-13(18-2)12(15)7-10/h3-8H,1-2H3. The third-order valence-electron chi connectivity index (χ3n) is 2.70. The van der Waals surface area contributed by atoms with Gasteiger partial charge in [-0.1, -0.05) is 0 Å². The van der Waals surface area contributed by atoms with Crippen LogP contribution in [0.15, 0.2) is 36.7 Å². The molecule has 0 radical (unpaired) electrons. The molecular weight excluding hydrogens is 233 g/mol. The molecule has 92 valence electrons. The SMILES string of the molecule is COc1ccc(C(=O)c2cnccc2C)cc1F. The quantitative estimate of drug-likeness (QED) is 0.780. The summed E-state index contributed by atoms with van der Waals surface area (Å²) in [7, 11) is 1.38. The number of methoxy groups -OCH3 is 1. The van der Waals surface area contributed by atoms with Crippen molar-refractivity contribution in [3.05, 3.63) is 59.2 Å². The second-order valence-electron chi connectivity index (χ2n) is 3.87. The van der Waals surface area contributed by atoms with Crippen LogP contribution >= 0.6 is 0 Å². The van der Waals surface area contributed by atoms with E-state index in [9.17, 15) is 9.18 Å². The summed E-state index contributed by atoms with van der Waals surface area (Å²) in [5, 5.41) is 0. The molecule has 0 N–H and O–H groups in total. The fourth-order valence-corrected chi connectivity index (χ4v) is 1.66. The molecule has 1 aromatic carbocycles. The second kappa shape index (κ2) is 4.96. The van der Waals surface area contributed by atoms with E-state index in [0.717, 1.165) is 5.56 Å². The van der Waals surface area contributed by atoms with Crippen molar-refractivity contribution >= 4 is 5.78 Å². The smallest absolute Gasteiger partial charge is 0.194 e. The molecule has 0 amide bonds. The van der Waals surface area contributed by atoms with Crippen LogP contribution in [0.25, 0.3) is 0 Å². The van der Waals surface area contributed by atoms with Crippen LogP contribution in [0.4, 0.5) is 4.39 Å². The number of hydrogen-bond donors (Lipinski definition) is 0. The Bertz CT molecular complexity index is 596. The van der Waals surface area contributed by atoms with Crippen molar-refractivity contribution in [2.45, 2.75) is 6.92 Å². The molecule has 0 bridgehead atoms. The highest BCUT2D eigenvalue weighted by Crippen LogP contribution is 2.20. The van der Waals surface area contributed by atoms with E-state index in [-0.39, 0.29) is 17.1 Å². The minimum absolute atomic E-state index is 0.120. The third kappa shape index (κ3) is 2.22. The van der Waals surface area contributed by atoms with E-state index in [1.807, 2.05) is 6.92 Å². The van der Waals surface area contributed by atoms with Gasteiger partial charge in [0.2, 0.25) is 0 Å². The second-order valence-corrected chi connectivity index (χ2v) is 3.87. The largest absolute Gasteiger partial charge is 0.494 e. The van der Waals surface area contributed by atoms with Gasteiger partial charge < -0.3 is 4.74 Å². The van der Waals surface area contributed by atoms with Crippen molar-refractivity contribution < 1.29 is 13.9 Å². The van der Waals surface area contributed by atoms with Crippen molar-refractivity contribution in [1.82, 2.24) is 4.98 Å². The summed E-state index contributed by atoms with van der Waals surface area (Å²) in [5.74, 6) is -0.679. The monoisotopic (exact) mass is 245 g/mol. The van der Waals surface area contributed by atoms with Gasteiger partial charge >= 0.3 is 0 Å². The number of ketones is 1. The summed E-state index contributed by atoms with van der Waals surface area (Å²) in [6.07, 6.45) is 3.10. The van der Waals surface area contributed by atoms with Gasteiger partial charge in [-0.05, 0) is 36.8 Å². The summed E-state index contributed by atoms with van der Waals surface area (Å²) in [5.41, 5.74) is 1.57. The van der Waals surface area contributed by atoms with Crippen molar-refractivity contribution in [3.63, 3.8) is 0 Å². The molecule has 0 saturated carbocycles. The van der Waals surface area contributed by atoms with Gasteiger partial charge in [-0.15, -0.1) is 0 Å². The summed E-state index contributed by atoms with van der Waals surface area (Å²) < 4.78 is 18.3. The molecule has 2 aromatic rings. The molecule has 0 aliphatic heterocycles. The van der Waals surface area contributed by atoms with Crippen LogP contribution in [-0.4, -0.2) is 17.9 Å². The van der Waals surface area contributed by atoms with Gasteiger partial charge in [-0.3, -0.25) is 9.78 Å². The minimum Gasteiger partial charge on any atom is -0.494 e. The number of rotatable bonds is 3. The summed E-state index contributed by atoms with van der Waals surface area (Å²) in [6, 6.07) is 5.89. The molecule has 4 heteroatoms. The van der Waals surface area contributed by atoms with E-state index in [2.05, 4.69) is 4.98 Å². The van der Waals surface area contributed by atoms with Gasteiger partial charge in [-0.2, -0.15) is 0 Å². The maximum atomic E-state index is 13.5. The molecule has 0 fully saturated rings. The number of ether oxygens (including phenoxy) is 1. The lowest BCUT2D eigenvalue weighted by Gasteiger charge is -2.06. The predicted octanol–water partition coefficient (Wildman–Crippen LogP) is 2.77. The van der Waals surface area contributed by atoms with Crippen molar-refractivity contribution in [2.24, 2.45) is 0 Å². The van der Waals surface area contributed by atoms with E-state index in [1.165, 1.54) is 31.5 Å². The van der Waals surface area contributed by atoms with Crippen LogP contribution in [0.3, 0.4) is 0 Å². The number of halogens is 1. The third-order valence-corrected chi connectivity index (χ3v) is 2.70. The van der Waals surface area contributed by atoms with Crippen LogP contribution in [0, 0.1) is 12.7 Å². The summed E-state index contributed by atoms with van der Waals surface area (Å²) in [6.45, 7) is 1.81. The highest BCUT2D eigenvalue weighted by Gasteiger charge is 2.14. The van der Waals surface area contributed by atoms with Crippen molar-refractivity contribution in [2.75, 3.05) is 7.11 Å². The van der Waals surface area contributed by atoms with Crippen LogP contribution in [0.2, 0.25) is 0 Å². The Labute approximate surface area is 104 Å². The minimum atomic E-state index is -0.551.